The van der Waals surface area contributed by atoms with Gasteiger partial charge in [0.2, 0.25) is 0 Å². The molecule has 0 saturated carbocycles. The van der Waals surface area contributed by atoms with E-state index in [-0.39, 0.29) is 11.7 Å². The third-order valence-electron chi connectivity index (χ3n) is 2.56. The molecular weight excluding hydrogens is 226 g/mol. The number of anilines is 1. The smallest absolute Gasteiger partial charge is 0.287 e. The maximum Gasteiger partial charge on any atom is 0.287 e. The highest BCUT2D eigenvalue weighted by Gasteiger charge is 2.23. The monoisotopic (exact) mass is 237 g/mol. The molecule has 0 aliphatic carbocycles. The largest absolute Gasteiger partial charge is 0.377 e. The molecule has 90 valence electrons. The third kappa shape index (κ3) is 2.39. The number of aldehydes is 1. The van der Waals surface area contributed by atoms with Crippen LogP contribution in [0.2, 0.25) is 0 Å². The van der Waals surface area contributed by atoms with Crippen molar-refractivity contribution in [1.29, 1.82) is 0 Å². The lowest BCUT2D eigenvalue weighted by Gasteiger charge is -2.32. The maximum absolute atomic E-state index is 10.9. The Morgan fingerprint density at radius 2 is 2.41 bits per heavy atom. The van der Waals surface area contributed by atoms with E-state index in [4.69, 9.17) is 4.74 Å². The second-order valence-corrected chi connectivity index (χ2v) is 3.60. The topological polar surface area (TPSA) is 85.6 Å². The van der Waals surface area contributed by atoms with Crippen LogP contribution in [0.25, 0.3) is 0 Å². The van der Waals surface area contributed by atoms with Gasteiger partial charge in [0.05, 0.1) is 18.1 Å². The number of nitrogens with zero attached hydrogens (tertiary/aromatic N) is 3. The lowest BCUT2D eigenvalue weighted by Crippen LogP contribution is -2.46. The van der Waals surface area contributed by atoms with Gasteiger partial charge in [-0.25, -0.2) is 4.98 Å². The van der Waals surface area contributed by atoms with Gasteiger partial charge in [0.1, 0.15) is 24.3 Å². The van der Waals surface area contributed by atoms with Crippen LogP contribution in [-0.4, -0.2) is 42.0 Å². The molecule has 0 amide bonds. The highest BCUT2D eigenvalue weighted by Crippen LogP contribution is 2.19. The Hall–Kier alpha value is -2.02. The van der Waals surface area contributed by atoms with Crippen LogP contribution in [0.5, 0.6) is 0 Å². The van der Waals surface area contributed by atoms with Crippen LogP contribution in [-0.2, 0) is 9.53 Å². The van der Waals surface area contributed by atoms with Gasteiger partial charge in [-0.2, -0.15) is 0 Å². The number of hydrogen-bond acceptors (Lipinski definition) is 6. The summed E-state index contributed by atoms with van der Waals surface area (Å²) in [6, 6.07) is 2.54. The predicted octanol–water partition coefficient (Wildman–Crippen LogP) is 0.394. The van der Waals surface area contributed by atoms with Crippen molar-refractivity contribution in [2.24, 2.45) is 0 Å². The van der Waals surface area contributed by atoms with Crippen molar-refractivity contribution in [3.63, 3.8) is 0 Å². The van der Waals surface area contributed by atoms with Gasteiger partial charge in [-0.05, 0) is 6.07 Å². The summed E-state index contributed by atoms with van der Waals surface area (Å²) in [6.07, 6.45) is 1.98. The molecule has 7 heteroatoms. The number of hydrogen-bond donors (Lipinski definition) is 0. The van der Waals surface area contributed by atoms with Gasteiger partial charge >= 0.3 is 0 Å². The summed E-state index contributed by atoms with van der Waals surface area (Å²) in [5.41, 5.74) is -0.0651. The van der Waals surface area contributed by atoms with Crippen molar-refractivity contribution in [3.05, 3.63) is 28.4 Å². The summed E-state index contributed by atoms with van der Waals surface area (Å²) in [7, 11) is 0. The van der Waals surface area contributed by atoms with Crippen LogP contribution in [0.3, 0.4) is 0 Å². The molecule has 7 nitrogen and oxygen atoms in total. The average Bonchev–Trinajstić information content (AvgIpc) is 2.39. The molecule has 1 aliphatic heterocycles. The van der Waals surface area contributed by atoms with E-state index < -0.39 is 4.92 Å². The Kier molecular flexibility index (Phi) is 3.29. The van der Waals surface area contributed by atoms with E-state index in [9.17, 15) is 14.9 Å². The molecule has 0 N–H and O–H groups in total. The average molecular weight is 237 g/mol. The van der Waals surface area contributed by atoms with Crippen molar-refractivity contribution in [1.82, 2.24) is 4.98 Å². The Morgan fingerprint density at radius 3 is 3.00 bits per heavy atom. The van der Waals surface area contributed by atoms with Crippen molar-refractivity contribution in [3.8, 4) is 0 Å². The Bertz CT molecular complexity index is 420. The van der Waals surface area contributed by atoms with Crippen LogP contribution in [0, 0.1) is 10.1 Å². The molecule has 17 heavy (non-hydrogen) atoms. The number of pyridine rings is 1. The number of ether oxygens (including phenoxy) is 1. The van der Waals surface area contributed by atoms with Crippen molar-refractivity contribution < 1.29 is 14.5 Å². The number of carbonyl (C=O) groups is 1. The zero-order chi connectivity index (χ0) is 12.3. The minimum Gasteiger partial charge on any atom is -0.377 e. The van der Waals surface area contributed by atoms with Crippen molar-refractivity contribution in [2.45, 2.75) is 6.04 Å². The zero-order valence-electron chi connectivity index (χ0n) is 8.98. The fourth-order valence-corrected chi connectivity index (χ4v) is 1.68. The van der Waals surface area contributed by atoms with Gasteiger partial charge < -0.3 is 14.4 Å². The normalized spacial score (nSPS) is 20.0. The highest BCUT2D eigenvalue weighted by molar-refractivity contribution is 5.65. The van der Waals surface area contributed by atoms with E-state index in [2.05, 4.69) is 4.98 Å². The van der Waals surface area contributed by atoms with Crippen LogP contribution < -0.4 is 4.90 Å². The molecule has 1 unspecified atom stereocenters. The SMILES string of the molecule is O=CC1COCCN1c1ccc([N+](=O)[O-])cn1. The van der Waals surface area contributed by atoms with Crippen LogP contribution in [0.1, 0.15) is 0 Å². The molecule has 0 radical (unpaired) electrons. The molecule has 1 aromatic rings. The molecule has 1 aromatic heterocycles. The molecular formula is C10H11N3O4. The highest BCUT2D eigenvalue weighted by atomic mass is 16.6. The van der Waals surface area contributed by atoms with Gasteiger partial charge in [0.15, 0.2) is 0 Å². The first-order valence-electron chi connectivity index (χ1n) is 5.12. The van der Waals surface area contributed by atoms with Gasteiger partial charge in [-0.15, -0.1) is 0 Å². The van der Waals surface area contributed by atoms with Gasteiger partial charge in [0, 0.05) is 12.6 Å². The standard InChI is InChI=1S/C10H11N3O4/c14-6-9-7-17-4-3-12(9)10-2-1-8(5-11-10)13(15)16/h1-2,5-6,9H,3-4,7H2. The second kappa shape index (κ2) is 4.88. The Labute approximate surface area is 97.2 Å². The van der Waals surface area contributed by atoms with E-state index in [1.165, 1.54) is 12.3 Å². The fraction of sp³-hybridized carbons (Fsp3) is 0.400. The molecule has 1 fully saturated rings. The van der Waals surface area contributed by atoms with Crippen LogP contribution >= 0.6 is 0 Å². The lowest BCUT2D eigenvalue weighted by atomic mass is 10.2. The quantitative estimate of drug-likeness (QED) is 0.429. The first-order valence-corrected chi connectivity index (χ1v) is 5.12. The predicted molar refractivity (Wildman–Crippen MR) is 58.9 cm³/mol. The van der Waals surface area contributed by atoms with Crippen LogP contribution in [0.4, 0.5) is 11.5 Å². The number of rotatable bonds is 3. The van der Waals surface area contributed by atoms with E-state index >= 15 is 0 Å². The third-order valence-corrected chi connectivity index (χ3v) is 2.56. The Morgan fingerprint density at radius 1 is 1.59 bits per heavy atom. The van der Waals surface area contributed by atoms with Crippen molar-refractivity contribution >= 4 is 17.8 Å². The van der Waals surface area contributed by atoms with Crippen molar-refractivity contribution in [2.75, 3.05) is 24.7 Å². The fourth-order valence-electron chi connectivity index (χ4n) is 1.68. The summed E-state index contributed by atoms with van der Waals surface area (Å²) >= 11 is 0. The number of aromatic nitrogens is 1. The molecule has 2 rings (SSSR count). The minimum absolute atomic E-state index is 0.0651. The number of carbonyl (C=O) groups excluding carboxylic acids is 1. The number of morpholine rings is 1. The Balaban J connectivity index is 2.20. The second-order valence-electron chi connectivity index (χ2n) is 3.60. The van der Waals surface area contributed by atoms with Gasteiger partial charge in [-0.3, -0.25) is 10.1 Å². The van der Waals surface area contributed by atoms with E-state index in [1.54, 1.807) is 11.0 Å². The molecule has 1 saturated heterocycles. The van der Waals surface area contributed by atoms with E-state index in [0.29, 0.717) is 25.6 Å². The van der Waals surface area contributed by atoms with Crippen LogP contribution in [0.15, 0.2) is 18.3 Å². The molecule has 2 heterocycles. The lowest BCUT2D eigenvalue weighted by molar-refractivity contribution is -0.385. The van der Waals surface area contributed by atoms with E-state index in [0.717, 1.165) is 6.29 Å². The summed E-state index contributed by atoms with van der Waals surface area (Å²) in [6.45, 7) is 1.39. The summed E-state index contributed by atoms with van der Waals surface area (Å²) in [5, 5.41) is 10.5. The molecule has 0 bridgehead atoms. The summed E-state index contributed by atoms with van der Waals surface area (Å²) in [5.74, 6) is 0.552. The van der Waals surface area contributed by atoms with Gasteiger partial charge in [-0.1, -0.05) is 0 Å². The van der Waals surface area contributed by atoms with E-state index in [1.807, 2.05) is 0 Å². The first kappa shape index (κ1) is 11.5. The molecule has 1 atom stereocenters. The summed E-state index contributed by atoms with van der Waals surface area (Å²) in [4.78, 5) is 26.6. The summed E-state index contributed by atoms with van der Waals surface area (Å²) < 4.78 is 5.18. The molecule has 0 aromatic carbocycles. The molecule has 0 spiro atoms. The zero-order valence-corrected chi connectivity index (χ0v) is 8.98. The first-order chi connectivity index (χ1) is 8.22. The minimum atomic E-state index is -0.507. The molecule has 1 aliphatic rings. The number of nitro groups is 1. The van der Waals surface area contributed by atoms with Gasteiger partial charge in [0.25, 0.3) is 5.69 Å². The maximum atomic E-state index is 10.9.